The van der Waals surface area contributed by atoms with Crippen LogP contribution < -0.4 is 9.64 Å². The molecule has 134 valence electrons. The molecule has 2 aromatic carbocycles. The first-order valence-electron chi connectivity index (χ1n) is 8.10. The van der Waals surface area contributed by atoms with E-state index in [1.54, 1.807) is 24.3 Å². The number of amides is 1. The van der Waals surface area contributed by atoms with E-state index >= 15 is 0 Å². The lowest BCUT2D eigenvalue weighted by atomic mass is 10.2. The number of rotatable bonds is 4. The van der Waals surface area contributed by atoms with Crippen molar-refractivity contribution >= 4 is 50.2 Å². The number of hydrogen-bond donors (Lipinski definition) is 0. The first-order valence-corrected chi connectivity index (χ1v) is 9.77. The maximum absolute atomic E-state index is 13.1. The smallest absolute Gasteiger partial charge is 0.284 e. The molecule has 0 saturated heterocycles. The van der Waals surface area contributed by atoms with Gasteiger partial charge >= 0.3 is 0 Å². The number of ether oxygens (including phenoxy) is 1. The normalized spacial score (nSPS) is 15.3. The Morgan fingerprint density at radius 2 is 1.85 bits per heavy atom. The zero-order valence-corrected chi connectivity index (χ0v) is 16.7. The van der Waals surface area contributed by atoms with Gasteiger partial charge in [-0.2, -0.15) is 0 Å². The Hall–Kier alpha value is -2.77. The molecule has 0 aliphatic carbocycles. The minimum Gasteiger partial charge on any atom is -0.497 e. The van der Waals surface area contributed by atoms with E-state index in [2.05, 4.69) is 25.9 Å². The molecule has 0 spiro atoms. The van der Waals surface area contributed by atoms with Gasteiger partial charge in [-0.25, -0.2) is 14.9 Å². The SMILES string of the molecule is COc1ccc(C=C2N=C(c3ccc(Br)cc3)N(c3nccs3)C2=O)cc1. The lowest BCUT2D eigenvalue weighted by molar-refractivity contribution is -0.113. The standard InChI is InChI=1S/C20H14BrN3O2S/c1-26-16-8-2-13(3-9-16)12-17-19(25)24(20-22-10-11-27-20)18(23-17)14-4-6-15(21)7-5-14/h2-12H,1H3. The van der Waals surface area contributed by atoms with E-state index in [1.807, 2.05) is 53.9 Å². The Balaban J connectivity index is 1.77. The summed E-state index contributed by atoms with van der Waals surface area (Å²) in [5.74, 6) is 1.14. The summed E-state index contributed by atoms with van der Waals surface area (Å²) in [5, 5.41) is 2.44. The summed E-state index contributed by atoms with van der Waals surface area (Å²) in [7, 11) is 1.62. The van der Waals surface area contributed by atoms with E-state index in [0.29, 0.717) is 16.7 Å². The average Bonchev–Trinajstić information content (AvgIpc) is 3.32. The third-order valence-electron chi connectivity index (χ3n) is 3.99. The number of aromatic nitrogens is 1. The Kier molecular flexibility index (Phi) is 4.87. The average molecular weight is 440 g/mol. The maximum Gasteiger partial charge on any atom is 0.284 e. The number of amidine groups is 1. The number of methoxy groups -OCH3 is 1. The quantitative estimate of drug-likeness (QED) is 0.551. The fourth-order valence-electron chi connectivity index (χ4n) is 2.67. The van der Waals surface area contributed by atoms with Gasteiger partial charge in [0.2, 0.25) is 0 Å². The molecule has 2 heterocycles. The highest BCUT2D eigenvalue weighted by Gasteiger charge is 2.33. The summed E-state index contributed by atoms with van der Waals surface area (Å²) in [6.45, 7) is 0. The van der Waals surface area contributed by atoms with Gasteiger partial charge in [0, 0.05) is 21.6 Å². The lowest BCUT2D eigenvalue weighted by Gasteiger charge is -2.14. The zero-order valence-electron chi connectivity index (χ0n) is 14.3. The van der Waals surface area contributed by atoms with Crippen molar-refractivity contribution in [2.24, 2.45) is 4.99 Å². The summed E-state index contributed by atoms with van der Waals surface area (Å²) < 4.78 is 6.14. The molecule has 1 aliphatic rings. The number of halogens is 1. The minimum atomic E-state index is -0.196. The number of benzene rings is 2. The van der Waals surface area contributed by atoms with Crippen molar-refractivity contribution in [3.63, 3.8) is 0 Å². The molecule has 1 amide bonds. The Morgan fingerprint density at radius 1 is 1.11 bits per heavy atom. The van der Waals surface area contributed by atoms with Gasteiger partial charge in [0.1, 0.15) is 17.3 Å². The number of thiazole rings is 1. The van der Waals surface area contributed by atoms with Crippen LogP contribution in [0.5, 0.6) is 5.75 Å². The van der Waals surface area contributed by atoms with Crippen LogP contribution in [0, 0.1) is 0 Å². The zero-order chi connectivity index (χ0) is 18.8. The Bertz CT molecular complexity index is 1030. The van der Waals surface area contributed by atoms with Crippen LogP contribution in [0.4, 0.5) is 5.13 Å². The van der Waals surface area contributed by atoms with Crippen LogP contribution in [-0.4, -0.2) is 23.8 Å². The van der Waals surface area contributed by atoms with Crippen molar-refractivity contribution in [1.82, 2.24) is 4.98 Å². The van der Waals surface area contributed by atoms with E-state index in [-0.39, 0.29) is 5.91 Å². The second kappa shape index (κ2) is 7.46. The van der Waals surface area contributed by atoms with E-state index < -0.39 is 0 Å². The summed E-state index contributed by atoms with van der Waals surface area (Å²) in [4.78, 5) is 23.5. The molecule has 0 N–H and O–H groups in total. The van der Waals surface area contributed by atoms with Crippen molar-refractivity contribution in [1.29, 1.82) is 0 Å². The predicted octanol–water partition coefficient (Wildman–Crippen LogP) is 4.75. The third-order valence-corrected chi connectivity index (χ3v) is 5.28. The molecule has 3 aromatic rings. The molecule has 1 aliphatic heterocycles. The van der Waals surface area contributed by atoms with Crippen molar-refractivity contribution in [3.8, 4) is 5.75 Å². The van der Waals surface area contributed by atoms with Gasteiger partial charge in [0.15, 0.2) is 5.13 Å². The van der Waals surface area contributed by atoms with Gasteiger partial charge in [-0.15, -0.1) is 11.3 Å². The van der Waals surface area contributed by atoms with Gasteiger partial charge in [0.25, 0.3) is 5.91 Å². The van der Waals surface area contributed by atoms with E-state index in [0.717, 1.165) is 21.3 Å². The molecular formula is C20H14BrN3O2S. The molecule has 7 heteroatoms. The summed E-state index contributed by atoms with van der Waals surface area (Å²) in [6.07, 6.45) is 3.45. The molecule has 1 aromatic heterocycles. The molecule has 0 atom stereocenters. The Labute approximate surface area is 168 Å². The van der Waals surface area contributed by atoms with E-state index in [1.165, 1.54) is 11.3 Å². The van der Waals surface area contributed by atoms with Crippen molar-refractivity contribution in [2.45, 2.75) is 0 Å². The number of carbonyl (C=O) groups excluding carboxylic acids is 1. The van der Waals surface area contributed by atoms with E-state index in [9.17, 15) is 4.79 Å². The second-order valence-electron chi connectivity index (χ2n) is 5.70. The minimum absolute atomic E-state index is 0.196. The van der Waals surface area contributed by atoms with Gasteiger partial charge in [-0.05, 0) is 35.9 Å². The number of carbonyl (C=O) groups is 1. The molecule has 0 bridgehead atoms. The first kappa shape index (κ1) is 17.6. The Morgan fingerprint density at radius 3 is 2.48 bits per heavy atom. The first-order chi connectivity index (χ1) is 13.2. The second-order valence-corrected chi connectivity index (χ2v) is 7.49. The molecular weight excluding hydrogens is 426 g/mol. The molecule has 0 unspecified atom stereocenters. The number of hydrogen-bond acceptors (Lipinski definition) is 5. The van der Waals surface area contributed by atoms with Crippen LogP contribution in [0.15, 0.2) is 75.3 Å². The summed E-state index contributed by atoms with van der Waals surface area (Å²) in [6, 6.07) is 15.2. The van der Waals surface area contributed by atoms with Crippen molar-refractivity contribution in [2.75, 3.05) is 12.0 Å². The maximum atomic E-state index is 13.1. The van der Waals surface area contributed by atoms with Crippen LogP contribution in [0.1, 0.15) is 11.1 Å². The summed E-state index contributed by atoms with van der Waals surface area (Å²) >= 11 is 4.83. The topological polar surface area (TPSA) is 54.8 Å². The highest BCUT2D eigenvalue weighted by molar-refractivity contribution is 9.10. The third kappa shape index (κ3) is 3.56. The fourth-order valence-corrected chi connectivity index (χ4v) is 3.58. The highest BCUT2D eigenvalue weighted by atomic mass is 79.9. The molecule has 0 radical (unpaired) electrons. The van der Waals surface area contributed by atoms with Crippen LogP contribution in [0.2, 0.25) is 0 Å². The predicted molar refractivity (Wildman–Crippen MR) is 111 cm³/mol. The lowest BCUT2D eigenvalue weighted by Crippen LogP contribution is -2.32. The number of aliphatic imine (C=N–C) groups is 1. The number of nitrogens with zero attached hydrogens (tertiary/aromatic N) is 3. The highest BCUT2D eigenvalue weighted by Crippen LogP contribution is 2.29. The number of anilines is 1. The fraction of sp³-hybridized carbons (Fsp3) is 0.0500. The molecule has 0 saturated carbocycles. The monoisotopic (exact) mass is 439 g/mol. The molecule has 5 nitrogen and oxygen atoms in total. The van der Waals surface area contributed by atoms with Gasteiger partial charge in [-0.3, -0.25) is 4.79 Å². The largest absolute Gasteiger partial charge is 0.497 e. The van der Waals surface area contributed by atoms with Crippen molar-refractivity contribution in [3.05, 3.63) is 81.4 Å². The van der Waals surface area contributed by atoms with Crippen LogP contribution in [0.3, 0.4) is 0 Å². The summed E-state index contributed by atoms with van der Waals surface area (Å²) in [5.41, 5.74) is 2.09. The molecule has 0 fully saturated rings. The molecule has 4 rings (SSSR count). The van der Waals surface area contributed by atoms with Crippen LogP contribution >= 0.6 is 27.3 Å². The van der Waals surface area contributed by atoms with Crippen molar-refractivity contribution < 1.29 is 9.53 Å². The van der Waals surface area contributed by atoms with Gasteiger partial charge in [-0.1, -0.05) is 40.2 Å². The van der Waals surface area contributed by atoms with Gasteiger partial charge < -0.3 is 4.74 Å². The molecule has 27 heavy (non-hydrogen) atoms. The van der Waals surface area contributed by atoms with E-state index in [4.69, 9.17) is 4.74 Å². The van der Waals surface area contributed by atoms with Crippen LogP contribution in [-0.2, 0) is 4.79 Å². The van der Waals surface area contributed by atoms with Crippen LogP contribution in [0.25, 0.3) is 6.08 Å². The van der Waals surface area contributed by atoms with Gasteiger partial charge in [0.05, 0.1) is 7.11 Å².